The second-order valence-electron chi connectivity index (χ2n) is 5.23. The molecule has 1 atom stereocenters. The number of aryl methyl sites for hydroxylation is 1. The van der Waals surface area contributed by atoms with Gasteiger partial charge in [-0.25, -0.2) is 0 Å². The van der Waals surface area contributed by atoms with Gasteiger partial charge in [0.05, 0.1) is 0 Å². The maximum atomic E-state index is 12.3. The summed E-state index contributed by atoms with van der Waals surface area (Å²) in [4.78, 5) is 12.3. The second kappa shape index (κ2) is 5.49. The Hall–Kier alpha value is -2.09. The van der Waals surface area contributed by atoms with E-state index < -0.39 is 0 Å². The highest BCUT2D eigenvalue weighted by atomic mass is 16.5. The lowest BCUT2D eigenvalue weighted by molar-refractivity contribution is -0.124. The SMILES string of the molecule is CCc1ccc(CC(=O)C2Cc3ccccc3O2)cc1. The van der Waals surface area contributed by atoms with Gasteiger partial charge >= 0.3 is 0 Å². The number of carbonyl (C=O) groups is 1. The summed E-state index contributed by atoms with van der Waals surface area (Å²) in [6.07, 6.45) is 1.85. The number of fused-ring (bicyclic) bond motifs is 1. The zero-order valence-electron chi connectivity index (χ0n) is 11.6. The van der Waals surface area contributed by atoms with Crippen molar-refractivity contribution in [3.05, 3.63) is 65.2 Å². The number of ether oxygens (including phenoxy) is 1. The van der Waals surface area contributed by atoms with Gasteiger partial charge in [0, 0.05) is 12.8 Å². The third-order valence-electron chi connectivity index (χ3n) is 3.82. The summed E-state index contributed by atoms with van der Waals surface area (Å²) in [7, 11) is 0. The zero-order chi connectivity index (χ0) is 13.9. The van der Waals surface area contributed by atoms with Crippen LogP contribution in [-0.2, 0) is 24.1 Å². The molecule has 0 saturated heterocycles. The quantitative estimate of drug-likeness (QED) is 0.848. The van der Waals surface area contributed by atoms with E-state index in [1.54, 1.807) is 0 Å². The number of ketones is 1. The van der Waals surface area contributed by atoms with Crippen molar-refractivity contribution < 1.29 is 9.53 Å². The first-order chi connectivity index (χ1) is 9.76. The molecule has 1 aliphatic heterocycles. The average Bonchev–Trinajstić information content (AvgIpc) is 2.92. The number of hydrogen-bond donors (Lipinski definition) is 0. The molecule has 2 aromatic carbocycles. The predicted octanol–water partition coefficient (Wildman–Crippen LogP) is 3.36. The monoisotopic (exact) mass is 266 g/mol. The van der Waals surface area contributed by atoms with E-state index in [0.717, 1.165) is 23.3 Å². The Labute approximate surface area is 119 Å². The minimum Gasteiger partial charge on any atom is -0.482 e. The van der Waals surface area contributed by atoms with Crippen molar-refractivity contribution >= 4 is 5.78 Å². The number of carbonyl (C=O) groups excluding carboxylic acids is 1. The molecule has 102 valence electrons. The van der Waals surface area contributed by atoms with Gasteiger partial charge in [0.15, 0.2) is 11.9 Å². The van der Waals surface area contributed by atoms with Crippen molar-refractivity contribution in [3.8, 4) is 5.75 Å². The maximum absolute atomic E-state index is 12.3. The molecule has 1 unspecified atom stereocenters. The molecule has 2 nitrogen and oxygen atoms in total. The molecule has 0 N–H and O–H groups in total. The van der Waals surface area contributed by atoms with Crippen LogP contribution in [0.2, 0.25) is 0 Å². The van der Waals surface area contributed by atoms with Crippen molar-refractivity contribution in [3.63, 3.8) is 0 Å². The first kappa shape index (κ1) is 12.9. The predicted molar refractivity (Wildman–Crippen MR) is 79.1 cm³/mol. The first-order valence-corrected chi connectivity index (χ1v) is 7.11. The van der Waals surface area contributed by atoms with Crippen LogP contribution in [0, 0.1) is 0 Å². The molecule has 0 saturated carbocycles. The fourth-order valence-corrected chi connectivity index (χ4v) is 2.57. The van der Waals surface area contributed by atoms with Crippen molar-refractivity contribution in [2.75, 3.05) is 0 Å². The molecule has 0 fully saturated rings. The highest BCUT2D eigenvalue weighted by Crippen LogP contribution is 2.28. The van der Waals surface area contributed by atoms with Crippen molar-refractivity contribution in [1.29, 1.82) is 0 Å². The maximum Gasteiger partial charge on any atom is 0.177 e. The van der Waals surface area contributed by atoms with Gasteiger partial charge in [0.2, 0.25) is 0 Å². The third kappa shape index (κ3) is 2.60. The van der Waals surface area contributed by atoms with E-state index in [4.69, 9.17) is 4.74 Å². The van der Waals surface area contributed by atoms with Crippen molar-refractivity contribution in [1.82, 2.24) is 0 Å². The fraction of sp³-hybridized carbons (Fsp3) is 0.278. The Morgan fingerprint density at radius 2 is 1.80 bits per heavy atom. The van der Waals surface area contributed by atoms with Crippen LogP contribution in [0.5, 0.6) is 5.75 Å². The van der Waals surface area contributed by atoms with E-state index in [2.05, 4.69) is 19.1 Å². The van der Waals surface area contributed by atoms with Gasteiger partial charge in [-0.05, 0) is 29.2 Å². The second-order valence-corrected chi connectivity index (χ2v) is 5.23. The Kier molecular flexibility index (Phi) is 3.55. The van der Waals surface area contributed by atoms with Crippen LogP contribution in [0.1, 0.15) is 23.6 Å². The smallest absolute Gasteiger partial charge is 0.177 e. The fourth-order valence-electron chi connectivity index (χ4n) is 2.57. The van der Waals surface area contributed by atoms with Crippen LogP contribution in [0.4, 0.5) is 0 Å². The van der Waals surface area contributed by atoms with E-state index in [1.807, 2.05) is 36.4 Å². The molecule has 1 aliphatic rings. The minimum atomic E-state index is -0.321. The van der Waals surface area contributed by atoms with E-state index >= 15 is 0 Å². The van der Waals surface area contributed by atoms with Gasteiger partial charge in [0.25, 0.3) is 0 Å². The van der Waals surface area contributed by atoms with Crippen LogP contribution in [0.3, 0.4) is 0 Å². The van der Waals surface area contributed by atoms with Crippen LogP contribution < -0.4 is 4.74 Å². The van der Waals surface area contributed by atoms with E-state index in [-0.39, 0.29) is 11.9 Å². The summed E-state index contributed by atoms with van der Waals surface area (Å²) in [5.41, 5.74) is 3.49. The summed E-state index contributed by atoms with van der Waals surface area (Å²) >= 11 is 0. The lowest BCUT2D eigenvalue weighted by Gasteiger charge is -2.09. The summed E-state index contributed by atoms with van der Waals surface area (Å²) in [6, 6.07) is 16.1. The molecule has 20 heavy (non-hydrogen) atoms. The van der Waals surface area contributed by atoms with E-state index in [0.29, 0.717) is 12.8 Å². The average molecular weight is 266 g/mol. The molecule has 0 aromatic heterocycles. The molecule has 2 heteroatoms. The Bertz CT molecular complexity index is 589. The van der Waals surface area contributed by atoms with Gasteiger partial charge in [0.1, 0.15) is 5.75 Å². The van der Waals surface area contributed by atoms with Gasteiger partial charge in [-0.1, -0.05) is 49.4 Å². The van der Waals surface area contributed by atoms with Gasteiger partial charge in [-0.3, -0.25) is 4.79 Å². The molecular formula is C18H18O2. The molecule has 0 bridgehead atoms. The molecule has 0 aliphatic carbocycles. The first-order valence-electron chi connectivity index (χ1n) is 7.11. The highest BCUT2D eigenvalue weighted by molar-refractivity contribution is 5.86. The zero-order valence-corrected chi connectivity index (χ0v) is 11.6. The van der Waals surface area contributed by atoms with Crippen LogP contribution >= 0.6 is 0 Å². The normalized spacial score (nSPS) is 16.6. The summed E-state index contributed by atoms with van der Waals surface area (Å²) in [6.45, 7) is 2.13. The Morgan fingerprint density at radius 1 is 1.10 bits per heavy atom. The van der Waals surface area contributed by atoms with Gasteiger partial charge in [-0.15, -0.1) is 0 Å². The van der Waals surface area contributed by atoms with Crippen LogP contribution in [0.15, 0.2) is 48.5 Å². The lowest BCUT2D eigenvalue weighted by atomic mass is 10.0. The van der Waals surface area contributed by atoms with Crippen molar-refractivity contribution in [2.45, 2.75) is 32.3 Å². The van der Waals surface area contributed by atoms with E-state index in [9.17, 15) is 4.79 Å². The Morgan fingerprint density at radius 3 is 2.50 bits per heavy atom. The van der Waals surface area contributed by atoms with Gasteiger partial charge in [-0.2, -0.15) is 0 Å². The Balaban J connectivity index is 1.66. The number of para-hydroxylation sites is 1. The highest BCUT2D eigenvalue weighted by Gasteiger charge is 2.28. The summed E-state index contributed by atoms with van der Waals surface area (Å²) < 4.78 is 5.74. The molecule has 0 amide bonds. The molecule has 3 rings (SSSR count). The number of rotatable bonds is 4. The molecule has 0 spiro atoms. The van der Waals surface area contributed by atoms with Crippen molar-refractivity contribution in [2.24, 2.45) is 0 Å². The van der Waals surface area contributed by atoms with Crippen LogP contribution in [0.25, 0.3) is 0 Å². The number of hydrogen-bond acceptors (Lipinski definition) is 2. The molecule has 0 radical (unpaired) electrons. The lowest BCUT2D eigenvalue weighted by Crippen LogP contribution is -2.26. The molecular weight excluding hydrogens is 248 g/mol. The minimum absolute atomic E-state index is 0.158. The van der Waals surface area contributed by atoms with Crippen LogP contribution in [-0.4, -0.2) is 11.9 Å². The van der Waals surface area contributed by atoms with E-state index in [1.165, 1.54) is 5.56 Å². The topological polar surface area (TPSA) is 26.3 Å². The third-order valence-corrected chi connectivity index (χ3v) is 3.82. The summed E-state index contributed by atoms with van der Waals surface area (Å²) in [5.74, 6) is 1.01. The number of benzene rings is 2. The number of Topliss-reactive ketones (excluding diaryl/α,β-unsaturated/α-hetero) is 1. The van der Waals surface area contributed by atoms with Gasteiger partial charge < -0.3 is 4.74 Å². The largest absolute Gasteiger partial charge is 0.482 e. The summed E-state index contributed by atoms with van der Waals surface area (Å²) in [5, 5.41) is 0. The standard InChI is InChI=1S/C18H18O2/c1-2-13-7-9-14(10-8-13)11-16(19)18-12-15-5-3-4-6-17(15)20-18/h3-10,18H,2,11-12H2,1H3. The molecule has 1 heterocycles. The molecule has 2 aromatic rings.